The third kappa shape index (κ3) is 2.65. The molecule has 3 heterocycles. The smallest absolute Gasteiger partial charge is 0.226 e. The number of amides is 1. The monoisotopic (exact) mass is 265 g/mol. The summed E-state index contributed by atoms with van der Waals surface area (Å²) in [4.78, 5) is 17.7. The van der Waals surface area contributed by atoms with Gasteiger partial charge in [0.2, 0.25) is 5.91 Å². The second-order valence-electron chi connectivity index (χ2n) is 6.34. The van der Waals surface area contributed by atoms with Gasteiger partial charge in [0, 0.05) is 31.1 Å². The van der Waals surface area contributed by atoms with Crippen LogP contribution in [0.3, 0.4) is 0 Å². The third-order valence-electron chi connectivity index (χ3n) is 5.26. The lowest BCUT2D eigenvalue weighted by Gasteiger charge is -2.33. The molecule has 2 atom stereocenters. The molecule has 4 heteroatoms. The van der Waals surface area contributed by atoms with E-state index in [0.717, 1.165) is 39.0 Å². The first-order valence-corrected chi connectivity index (χ1v) is 8.05. The predicted octanol–water partition coefficient (Wildman–Crippen LogP) is 1.07. The topological polar surface area (TPSA) is 35.6 Å². The molecule has 19 heavy (non-hydrogen) atoms. The van der Waals surface area contributed by atoms with E-state index in [1.54, 1.807) is 0 Å². The van der Waals surface area contributed by atoms with Gasteiger partial charge < -0.3 is 15.1 Å². The van der Waals surface area contributed by atoms with Crippen LogP contribution in [0, 0.1) is 5.92 Å². The molecule has 1 amide bonds. The molecule has 3 fully saturated rings. The molecular weight excluding hydrogens is 238 g/mol. The van der Waals surface area contributed by atoms with Crippen LogP contribution in [0.5, 0.6) is 0 Å². The van der Waals surface area contributed by atoms with Crippen molar-refractivity contribution in [2.24, 2.45) is 5.92 Å². The molecule has 4 nitrogen and oxygen atoms in total. The van der Waals surface area contributed by atoms with Crippen molar-refractivity contribution in [1.82, 2.24) is 15.1 Å². The standard InChI is InChI=1S/C15H27N3O/c1-2-17-10-7-13-3-4-14(11-17)18(13)15(19)12-5-8-16-9-6-12/h12-14,16H,2-11H2,1H3. The van der Waals surface area contributed by atoms with Crippen LogP contribution in [0.15, 0.2) is 0 Å². The second-order valence-corrected chi connectivity index (χ2v) is 6.34. The van der Waals surface area contributed by atoms with E-state index in [-0.39, 0.29) is 5.92 Å². The highest BCUT2D eigenvalue weighted by atomic mass is 16.2. The molecule has 0 radical (unpaired) electrons. The Bertz CT molecular complexity index is 327. The molecule has 2 unspecified atom stereocenters. The first-order valence-electron chi connectivity index (χ1n) is 8.05. The summed E-state index contributed by atoms with van der Waals surface area (Å²) >= 11 is 0. The minimum Gasteiger partial charge on any atom is -0.335 e. The Hall–Kier alpha value is -0.610. The van der Waals surface area contributed by atoms with Gasteiger partial charge in [-0.15, -0.1) is 0 Å². The van der Waals surface area contributed by atoms with E-state index < -0.39 is 0 Å². The van der Waals surface area contributed by atoms with E-state index in [4.69, 9.17) is 0 Å². The van der Waals surface area contributed by atoms with E-state index in [9.17, 15) is 4.79 Å². The molecule has 3 aliphatic heterocycles. The van der Waals surface area contributed by atoms with Crippen molar-refractivity contribution in [2.75, 3.05) is 32.7 Å². The van der Waals surface area contributed by atoms with E-state index in [1.165, 1.54) is 25.8 Å². The highest BCUT2D eigenvalue weighted by Gasteiger charge is 2.41. The van der Waals surface area contributed by atoms with Crippen LogP contribution < -0.4 is 5.32 Å². The normalized spacial score (nSPS) is 33.4. The van der Waals surface area contributed by atoms with Gasteiger partial charge in [0.25, 0.3) is 0 Å². The lowest BCUT2D eigenvalue weighted by atomic mass is 9.95. The van der Waals surface area contributed by atoms with Crippen LogP contribution in [-0.2, 0) is 4.79 Å². The second kappa shape index (κ2) is 5.80. The summed E-state index contributed by atoms with van der Waals surface area (Å²) in [6, 6.07) is 1.03. The minimum absolute atomic E-state index is 0.289. The largest absolute Gasteiger partial charge is 0.335 e. The number of hydrogen-bond acceptors (Lipinski definition) is 3. The molecule has 3 saturated heterocycles. The Morgan fingerprint density at radius 1 is 1.11 bits per heavy atom. The summed E-state index contributed by atoms with van der Waals surface area (Å²) in [6.07, 6.45) is 5.70. The Balaban J connectivity index is 1.70. The van der Waals surface area contributed by atoms with Crippen LogP contribution >= 0.6 is 0 Å². The molecule has 3 rings (SSSR count). The number of fused-ring (bicyclic) bond motifs is 2. The van der Waals surface area contributed by atoms with E-state index in [1.807, 2.05) is 0 Å². The maximum atomic E-state index is 12.8. The van der Waals surface area contributed by atoms with Crippen molar-refractivity contribution in [1.29, 1.82) is 0 Å². The van der Waals surface area contributed by atoms with Gasteiger partial charge in [0.15, 0.2) is 0 Å². The molecule has 0 aliphatic carbocycles. The van der Waals surface area contributed by atoms with Gasteiger partial charge in [0.05, 0.1) is 0 Å². The fraction of sp³-hybridized carbons (Fsp3) is 0.933. The number of nitrogens with zero attached hydrogens (tertiary/aromatic N) is 2. The molecule has 1 N–H and O–H groups in total. The molecule has 108 valence electrons. The summed E-state index contributed by atoms with van der Waals surface area (Å²) in [5, 5.41) is 3.36. The molecule has 0 saturated carbocycles. The van der Waals surface area contributed by atoms with Crippen molar-refractivity contribution in [3.8, 4) is 0 Å². The summed E-state index contributed by atoms with van der Waals surface area (Å²) in [5.74, 6) is 0.754. The van der Waals surface area contributed by atoms with E-state index in [0.29, 0.717) is 18.0 Å². The zero-order valence-corrected chi connectivity index (χ0v) is 12.1. The van der Waals surface area contributed by atoms with Crippen molar-refractivity contribution >= 4 is 5.91 Å². The van der Waals surface area contributed by atoms with E-state index >= 15 is 0 Å². The number of carbonyl (C=O) groups is 1. The Kier molecular flexibility index (Phi) is 4.08. The maximum Gasteiger partial charge on any atom is 0.226 e. The summed E-state index contributed by atoms with van der Waals surface area (Å²) in [5.41, 5.74) is 0. The Labute approximate surface area is 116 Å². The van der Waals surface area contributed by atoms with Gasteiger partial charge in [0.1, 0.15) is 0 Å². The fourth-order valence-corrected chi connectivity index (χ4v) is 4.07. The van der Waals surface area contributed by atoms with Gasteiger partial charge in [-0.2, -0.15) is 0 Å². The number of likely N-dealkylation sites (tertiary alicyclic amines) is 1. The number of nitrogens with one attached hydrogen (secondary N) is 1. The minimum atomic E-state index is 0.289. The van der Waals surface area contributed by atoms with Gasteiger partial charge in [-0.1, -0.05) is 6.92 Å². The first kappa shape index (κ1) is 13.4. The molecular formula is C15H27N3O. The van der Waals surface area contributed by atoms with Crippen molar-refractivity contribution in [3.63, 3.8) is 0 Å². The third-order valence-corrected chi connectivity index (χ3v) is 5.26. The van der Waals surface area contributed by atoms with Gasteiger partial charge >= 0.3 is 0 Å². The number of piperidine rings is 1. The van der Waals surface area contributed by atoms with Crippen LogP contribution in [0.25, 0.3) is 0 Å². The van der Waals surface area contributed by atoms with Crippen LogP contribution in [-0.4, -0.2) is 60.5 Å². The SMILES string of the molecule is CCN1CCC2CCC(C1)N2C(=O)C1CCNCC1. The molecule has 0 aromatic carbocycles. The van der Waals surface area contributed by atoms with Crippen LogP contribution in [0.1, 0.15) is 39.0 Å². The van der Waals surface area contributed by atoms with Crippen molar-refractivity contribution in [3.05, 3.63) is 0 Å². The quantitative estimate of drug-likeness (QED) is 0.811. The van der Waals surface area contributed by atoms with Crippen molar-refractivity contribution < 1.29 is 4.79 Å². The lowest BCUT2D eigenvalue weighted by Crippen LogP contribution is -2.47. The molecule has 3 aliphatic rings. The zero-order valence-electron chi connectivity index (χ0n) is 12.1. The molecule has 0 aromatic rings. The number of carbonyl (C=O) groups excluding carboxylic acids is 1. The first-order chi connectivity index (χ1) is 9.29. The highest BCUT2D eigenvalue weighted by molar-refractivity contribution is 5.80. The van der Waals surface area contributed by atoms with Gasteiger partial charge in [-0.25, -0.2) is 0 Å². The molecule has 2 bridgehead atoms. The molecule has 0 spiro atoms. The zero-order chi connectivity index (χ0) is 13.2. The van der Waals surface area contributed by atoms with E-state index in [2.05, 4.69) is 22.0 Å². The summed E-state index contributed by atoms with van der Waals surface area (Å²) in [7, 11) is 0. The van der Waals surface area contributed by atoms with Crippen LogP contribution in [0.2, 0.25) is 0 Å². The fourth-order valence-electron chi connectivity index (χ4n) is 4.07. The van der Waals surface area contributed by atoms with Crippen LogP contribution in [0.4, 0.5) is 0 Å². The van der Waals surface area contributed by atoms with Crippen molar-refractivity contribution in [2.45, 2.75) is 51.1 Å². The lowest BCUT2D eigenvalue weighted by molar-refractivity contribution is -0.139. The van der Waals surface area contributed by atoms with Gasteiger partial charge in [-0.3, -0.25) is 4.79 Å². The Morgan fingerprint density at radius 2 is 1.84 bits per heavy atom. The average Bonchev–Trinajstić information content (AvgIpc) is 2.74. The predicted molar refractivity (Wildman–Crippen MR) is 76.0 cm³/mol. The Morgan fingerprint density at radius 3 is 2.58 bits per heavy atom. The number of hydrogen-bond donors (Lipinski definition) is 1. The van der Waals surface area contributed by atoms with Gasteiger partial charge in [-0.05, 0) is 51.7 Å². The number of likely N-dealkylation sites (N-methyl/N-ethyl adjacent to an activating group) is 1. The summed E-state index contributed by atoms with van der Waals surface area (Å²) < 4.78 is 0. The summed E-state index contributed by atoms with van der Waals surface area (Å²) in [6.45, 7) is 7.66. The average molecular weight is 265 g/mol. The number of rotatable bonds is 2. The highest BCUT2D eigenvalue weighted by Crippen LogP contribution is 2.32. The molecule has 0 aromatic heterocycles. The maximum absolute atomic E-state index is 12.8.